The van der Waals surface area contributed by atoms with E-state index in [1.54, 1.807) is 50.3 Å². The molecule has 0 radical (unpaired) electrons. The van der Waals surface area contributed by atoms with Gasteiger partial charge in [0.15, 0.2) is 27.8 Å². The molecule has 1 atom stereocenters. The van der Waals surface area contributed by atoms with E-state index in [0.717, 1.165) is 0 Å². The highest BCUT2D eigenvalue weighted by molar-refractivity contribution is 7.07. The molecular weight excluding hydrogens is 552 g/mol. The number of carbonyl (C=O) groups excluding carboxylic acids is 2. The number of fused-ring (bicyclic) bond motifs is 1. The molecule has 0 amide bonds. The van der Waals surface area contributed by atoms with E-state index >= 15 is 0 Å². The highest BCUT2D eigenvalue weighted by Gasteiger charge is 2.34. The van der Waals surface area contributed by atoms with Crippen molar-refractivity contribution in [3.8, 4) is 28.7 Å². The van der Waals surface area contributed by atoms with E-state index in [0.29, 0.717) is 43.4 Å². The third-order valence-electron chi connectivity index (χ3n) is 6.26. The van der Waals surface area contributed by atoms with E-state index in [9.17, 15) is 14.4 Å². The Labute approximate surface area is 239 Å². The Kier molecular flexibility index (Phi) is 8.82. The number of allylic oxidation sites excluding steroid dienone is 1. The van der Waals surface area contributed by atoms with Crippen molar-refractivity contribution in [2.24, 2.45) is 4.99 Å². The van der Waals surface area contributed by atoms with Crippen LogP contribution in [0.3, 0.4) is 0 Å². The summed E-state index contributed by atoms with van der Waals surface area (Å²) in [4.78, 5) is 43.7. The van der Waals surface area contributed by atoms with Crippen molar-refractivity contribution < 1.29 is 38.0 Å². The fourth-order valence-electron chi connectivity index (χ4n) is 4.54. The summed E-state index contributed by atoms with van der Waals surface area (Å²) in [7, 11) is 5.96. The van der Waals surface area contributed by atoms with Gasteiger partial charge in [0, 0.05) is 6.92 Å². The first kappa shape index (κ1) is 29.4. The van der Waals surface area contributed by atoms with E-state index < -0.39 is 18.0 Å². The summed E-state index contributed by atoms with van der Waals surface area (Å²) in [5.74, 6) is 0.648. The highest BCUT2D eigenvalue weighted by atomic mass is 32.1. The minimum Gasteiger partial charge on any atom is -0.493 e. The van der Waals surface area contributed by atoms with Gasteiger partial charge >= 0.3 is 11.9 Å². The fraction of sp³-hybridized carbons (Fsp3) is 0.310. The molecule has 11 nitrogen and oxygen atoms in total. The second kappa shape index (κ2) is 12.3. The first-order chi connectivity index (χ1) is 19.7. The molecule has 0 fully saturated rings. The van der Waals surface area contributed by atoms with Gasteiger partial charge in [-0.1, -0.05) is 17.4 Å². The van der Waals surface area contributed by atoms with Gasteiger partial charge in [-0.25, -0.2) is 9.79 Å². The average Bonchev–Trinajstić information content (AvgIpc) is 3.25. The molecule has 0 saturated heterocycles. The molecule has 1 aromatic heterocycles. The van der Waals surface area contributed by atoms with Crippen LogP contribution in [0.4, 0.5) is 0 Å². The molecule has 12 heteroatoms. The summed E-state index contributed by atoms with van der Waals surface area (Å²) in [5.41, 5.74) is 1.42. The number of hydrogen-bond acceptors (Lipinski definition) is 11. The van der Waals surface area contributed by atoms with E-state index in [1.807, 2.05) is 0 Å². The number of rotatable bonds is 9. The number of esters is 2. The van der Waals surface area contributed by atoms with Gasteiger partial charge in [-0.05, 0) is 55.3 Å². The van der Waals surface area contributed by atoms with Gasteiger partial charge in [-0.15, -0.1) is 0 Å². The van der Waals surface area contributed by atoms with Crippen LogP contribution in [0.5, 0.6) is 28.7 Å². The first-order valence-electron chi connectivity index (χ1n) is 12.5. The zero-order chi connectivity index (χ0) is 29.8. The van der Waals surface area contributed by atoms with Crippen molar-refractivity contribution in [3.63, 3.8) is 0 Å². The standard InChI is InChI=1S/C29H30N2O9S/c1-8-39-28(34)24-15(2)30-29-31(25(24)18-9-10-19(40-16(3)32)20(14-18)35-4)27(33)23(41-29)13-17-11-21(36-5)26(38-7)22(12-17)37-6/h9-14,25H,8H2,1-7H3/b23-13+. The molecular formula is C29H30N2O9S. The lowest BCUT2D eigenvalue weighted by Crippen LogP contribution is -2.40. The maximum absolute atomic E-state index is 14.0. The molecule has 3 aromatic rings. The van der Waals surface area contributed by atoms with Crippen molar-refractivity contribution in [1.29, 1.82) is 0 Å². The lowest BCUT2D eigenvalue weighted by Gasteiger charge is -2.25. The zero-order valence-corrected chi connectivity index (χ0v) is 24.5. The third-order valence-corrected chi connectivity index (χ3v) is 7.24. The Bertz CT molecular complexity index is 1690. The molecule has 41 heavy (non-hydrogen) atoms. The molecule has 0 bridgehead atoms. The number of thiazole rings is 1. The highest BCUT2D eigenvalue weighted by Crippen LogP contribution is 2.39. The second-order valence-corrected chi connectivity index (χ2v) is 9.77. The van der Waals surface area contributed by atoms with Crippen LogP contribution in [-0.2, 0) is 14.3 Å². The van der Waals surface area contributed by atoms with Crippen LogP contribution in [0.15, 0.2) is 51.4 Å². The largest absolute Gasteiger partial charge is 0.493 e. The molecule has 4 rings (SSSR count). The zero-order valence-electron chi connectivity index (χ0n) is 23.7. The van der Waals surface area contributed by atoms with Gasteiger partial charge in [-0.2, -0.15) is 0 Å². The summed E-state index contributed by atoms with van der Waals surface area (Å²) >= 11 is 1.17. The number of aromatic nitrogens is 1. The van der Waals surface area contributed by atoms with Gasteiger partial charge in [-0.3, -0.25) is 14.2 Å². The quantitative estimate of drug-likeness (QED) is 0.277. The minimum absolute atomic E-state index is 0.141. The number of hydrogen-bond donors (Lipinski definition) is 0. The molecule has 1 aliphatic rings. The molecule has 0 aliphatic carbocycles. The van der Waals surface area contributed by atoms with Crippen LogP contribution in [0.2, 0.25) is 0 Å². The number of benzene rings is 2. The topological polar surface area (TPSA) is 124 Å². The Hall–Kier alpha value is -4.58. The maximum atomic E-state index is 14.0. The van der Waals surface area contributed by atoms with E-state index in [1.165, 1.54) is 51.3 Å². The lowest BCUT2D eigenvalue weighted by molar-refractivity contribution is -0.139. The van der Waals surface area contributed by atoms with Crippen LogP contribution in [0.25, 0.3) is 6.08 Å². The average molecular weight is 583 g/mol. The molecule has 1 unspecified atom stereocenters. The normalized spacial score (nSPS) is 14.6. The summed E-state index contributed by atoms with van der Waals surface area (Å²) in [6.45, 7) is 4.82. The molecule has 216 valence electrons. The van der Waals surface area contributed by atoms with Gasteiger partial charge in [0.1, 0.15) is 0 Å². The predicted octanol–water partition coefficient (Wildman–Crippen LogP) is 2.76. The number of nitrogens with zero attached hydrogens (tertiary/aromatic N) is 2. The third kappa shape index (κ3) is 5.68. The van der Waals surface area contributed by atoms with E-state index in [-0.39, 0.29) is 29.2 Å². The Morgan fingerprint density at radius 2 is 1.63 bits per heavy atom. The maximum Gasteiger partial charge on any atom is 0.338 e. The van der Waals surface area contributed by atoms with E-state index in [2.05, 4.69) is 4.99 Å². The minimum atomic E-state index is -0.882. The second-order valence-electron chi connectivity index (χ2n) is 8.76. The number of methoxy groups -OCH3 is 4. The van der Waals surface area contributed by atoms with Gasteiger partial charge in [0.05, 0.1) is 56.9 Å². The summed E-state index contributed by atoms with van der Waals surface area (Å²) < 4.78 is 34.2. The summed E-state index contributed by atoms with van der Waals surface area (Å²) in [6, 6.07) is 7.42. The van der Waals surface area contributed by atoms with Crippen molar-refractivity contribution in [3.05, 3.63) is 72.4 Å². The van der Waals surface area contributed by atoms with Crippen LogP contribution >= 0.6 is 11.3 Å². The Morgan fingerprint density at radius 1 is 0.976 bits per heavy atom. The number of ether oxygens (including phenoxy) is 6. The molecule has 1 aliphatic heterocycles. The monoisotopic (exact) mass is 582 g/mol. The van der Waals surface area contributed by atoms with Gasteiger partial charge < -0.3 is 28.4 Å². The fourth-order valence-corrected chi connectivity index (χ4v) is 5.58. The number of carbonyl (C=O) groups is 2. The molecule has 0 N–H and O–H groups in total. The van der Waals surface area contributed by atoms with E-state index in [4.69, 9.17) is 28.4 Å². The van der Waals surface area contributed by atoms with Crippen LogP contribution in [-0.4, -0.2) is 51.6 Å². The molecule has 2 aromatic carbocycles. The van der Waals surface area contributed by atoms with Crippen molar-refractivity contribution in [2.45, 2.75) is 26.8 Å². The molecule has 0 saturated carbocycles. The van der Waals surface area contributed by atoms with Crippen molar-refractivity contribution >= 4 is 29.4 Å². The Morgan fingerprint density at radius 3 is 2.20 bits per heavy atom. The first-order valence-corrected chi connectivity index (χ1v) is 13.3. The summed E-state index contributed by atoms with van der Waals surface area (Å²) in [5, 5.41) is 0. The van der Waals surface area contributed by atoms with Gasteiger partial charge in [0.2, 0.25) is 5.75 Å². The predicted molar refractivity (Wildman–Crippen MR) is 151 cm³/mol. The lowest BCUT2D eigenvalue weighted by atomic mass is 9.95. The van der Waals surface area contributed by atoms with Crippen molar-refractivity contribution in [2.75, 3.05) is 35.0 Å². The van der Waals surface area contributed by atoms with Crippen LogP contribution < -0.4 is 38.6 Å². The SMILES string of the molecule is CCOC(=O)C1=C(C)N=c2s/c(=C/c3cc(OC)c(OC)c(OC)c3)c(=O)n2C1c1ccc(OC(C)=O)c(OC)c1. The van der Waals surface area contributed by atoms with Crippen LogP contribution in [0.1, 0.15) is 37.9 Å². The summed E-state index contributed by atoms with van der Waals surface area (Å²) in [6.07, 6.45) is 1.69. The molecule has 2 heterocycles. The Balaban J connectivity index is 1.96. The smallest absolute Gasteiger partial charge is 0.338 e. The van der Waals surface area contributed by atoms with Crippen molar-refractivity contribution in [1.82, 2.24) is 4.57 Å². The van der Waals surface area contributed by atoms with Crippen LogP contribution in [0, 0.1) is 0 Å². The molecule has 0 spiro atoms. The van der Waals surface area contributed by atoms with Gasteiger partial charge in [0.25, 0.3) is 5.56 Å².